The SMILES string of the molecule is CC(C)CN1C(=O)CC[C@@H](C(=O)NCCCN2CCc3ccccc3C2)[C@H]1C. The van der Waals surface area contributed by atoms with E-state index in [-0.39, 0.29) is 23.8 Å². The number of likely N-dealkylation sites (tertiary alicyclic amines) is 1. The lowest BCUT2D eigenvalue weighted by atomic mass is 9.88. The Bertz CT molecular complexity index is 688. The molecule has 2 atom stereocenters. The average molecular weight is 386 g/mol. The van der Waals surface area contributed by atoms with Gasteiger partial charge in [-0.1, -0.05) is 38.1 Å². The number of fused-ring (bicyclic) bond motifs is 1. The van der Waals surface area contributed by atoms with E-state index in [9.17, 15) is 9.59 Å². The fraction of sp³-hybridized carbons (Fsp3) is 0.652. The number of hydrogen-bond acceptors (Lipinski definition) is 3. The van der Waals surface area contributed by atoms with Gasteiger partial charge in [-0.05, 0) is 43.2 Å². The lowest BCUT2D eigenvalue weighted by molar-refractivity contribution is -0.143. The summed E-state index contributed by atoms with van der Waals surface area (Å²) >= 11 is 0. The van der Waals surface area contributed by atoms with Crippen molar-refractivity contribution < 1.29 is 9.59 Å². The molecule has 2 heterocycles. The van der Waals surface area contributed by atoms with Gasteiger partial charge >= 0.3 is 0 Å². The molecular formula is C23H35N3O2. The molecule has 2 aliphatic heterocycles. The summed E-state index contributed by atoms with van der Waals surface area (Å²) in [5, 5.41) is 3.13. The van der Waals surface area contributed by atoms with Gasteiger partial charge in [0.25, 0.3) is 0 Å². The Balaban J connectivity index is 1.41. The third-order valence-corrected chi connectivity index (χ3v) is 6.12. The second kappa shape index (κ2) is 9.55. The minimum absolute atomic E-state index is 0.0118. The second-order valence-corrected chi connectivity index (χ2v) is 8.77. The van der Waals surface area contributed by atoms with Crippen LogP contribution >= 0.6 is 0 Å². The number of hydrogen-bond donors (Lipinski definition) is 1. The van der Waals surface area contributed by atoms with Crippen LogP contribution in [0.5, 0.6) is 0 Å². The highest BCUT2D eigenvalue weighted by molar-refractivity contribution is 5.84. The van der Waals surface area contributed by atoms with E-state index in [1.54, 1.807) is 0 Å². The molecule has 0 bridgehead atoms. The zero-order chi connectivity index (χ0) is 20.1. The van der Waals surface area contributed by atoms with Crippen LogP contribution in [0, 0.1) is 11.8 Å². The lowest BCUT2D eigenvalue weighted by Crippen LogP contribution is -2.52. The minimum atomic E-state index is -0.0849. The molecule has 1 aromatic carbocycles. The van der Waals surface area contributed by atoms with Crippen LogP contribution in [-0.2, 0) is 22.6 Å². The highest BCUT2D eigenvalue weighted by Crippen LogP contribution is 2.25. The highest BCUT2D eigenvalue weighted by Gasteiger charge is 2.36. The standard InChI is InChI=1S/C23H35N3O2/c1-17(2)15-26-18(3)21(9-10-22(26)27)23(28)24-12-6-13-25-14-11-19-7-4-5-8-20(19)16-25/h4-5,7-8,17-18,21H,6,9-16H2,1-3H3,(H,24,28)/t18-,21-/m1/s1. The van der Waals surface area contributed by atoms with Crippen molar-refractivity contribution in [3.8, 4) is 0 Å². The number of nitrogens with zero attached hydrogens (tertiary/aromatic N) is 2. The molecule has 3 rings (SSSR count). The fourth-order valence-electron chi connectivity index (χ4n) is 4.51. The first-order valence-corrected chi connectivity index (χ1v) is 10.8. The summed E-state index contributed by atoms with van der Waals surface area (Å²) in [6.45, 7) is 10.8. The Morgan fingerprint density at radius 1 is 1.21 bits per heavy atom. The van der Waals surface area contributed by atoms with E-state index in [0.717, 1.165) is 39.0 Å². The summed E-state index contributed by atoms with van der Waals surface area (Å²) in [5.41, 5.74) is 2.91. The second-order valence-electron chi connectivity index (χ2n) is 8.77. The van der Waals surface area contributed by atoms with Crippen molar-refractivity contribution in [2.75, 3.05) is 26.2 Å². The summed E-state index contributed by atoms with van der Waals surface area (Å²) < 4.78 is 0. The fourth-order valence-corrected chi connectivity index (χ4v) is 4.51. The van der Waals surface area contributed by atoms with Crippen LogP contribution in [0.15, 0.2) is 24.3 Å². The van der Waals surface area contributed by atoms with Crippen LogP contribution in [0.4, 0.5) is 0 Å². The smallest absolute Gasteiger partial charge is 0.225 e. The van der Waals surface area contributed by atoms with Gasteiger partial charge in [0, 0.05) is 45.2 Å². The summed E-state index contributed by atoms with van der Waals surface area (Å²) in [6.07, 6.45) is 3.23. The number of nitrogens with one attached hydrogen (secondary N) is 1. The Morgan fingerprint density at radius 3 is 2.71 bits per heavy atom. The van der Waals surface area contributed by atoms with Crippen molar-refractivity contribution in [1.82, 2.24) is 15.1 Å². The van der Waals surface area contributed by atoms with Gasteiger partial charge in [-0.2, -0.15) is 0 Å². The van der Waals surface area contributed by atoms with Crippen LogP contribution in [-0.4, -0.2) is 53.8 Å². The zero-order valence-electron chi connectivity index (χ0n) is 17.6. The van der Waals surface area contributed by atoms with Crippen LogP contribution in [0.2, 0.25) is 0 Å². The summed E-state index contributed by atoms with van der Waals surface area (Å²) in [5.74, 6) is 0.634. The summed E-state index contributed by atoms with van der Waals surface area (Å²) in [7, 11) is 0. The number of benzene rings is 1. The van der Waals surface area contributed by atoms with Gasteiger partial charge in [0.15, 0.2) is 0 Å². The van der Waals surface area contributed by atoms with E-state index in [1.165, 1.54) is 11.1 Å². The monoisotopic (exact) mass is 385 g/mol. The summed E-state index contributed by atoms with van der Waals surface area (Å²) in [6, 6.07) is 8.67. The molecule has 0 aromatic heterocycles. The minimum Gasteiger partial charge on any atom is -0.356 e. The van der Waals surface area contributed by atoms with Gasteiger partial charge in [0.2, 0.25) is 11.8 Å². The molecular weight excluding hydrogens is 350 g/mol. The van der Waals surface area contributed by atoms with Crippen molar-refractivity contribution in [1.29, 1.82) is 0 Å². The predicted molar refractivity (Wildman–Crippen MR) is 112 cm³/mol. The number of carbonyl (C=O) groups excluding carboxylic acids is 2. The summed E-state index contributed by atoms with van der Waals surface area (Å²) in [4.78, 5) is 29.3. The quantitative estimate of drug-likeness (QED) is 0.735. The van der Waals surface area contributed by atoms with Gasteiger partial charge in [-0.15, -0.1) is 0 Å². The number of carbonyl (C=O) groups is 2. The molecule has 1 N–H and O–H groups in total. The molecule has 1 saturated heterocycles. The van der Waals surface area contributed by atoms with E-state index >= 15 is 0 Å². The van der Waals surface area contributed by atoms with E-state index in [2.05, 4.69) is 48.3 Å². The first kappa shape index (κ1) is 20.8. The van der Waals surface area contributed by atoms with E-state index in [0.29, 0.717) is 25.3 Å². The Morgan fingerprint density at radius 2 is 1.96 bits per heavy atom. The number of rotatable bonds is 7. The van der Waals surface area contributed by atoms with Gasteiger partial charge in [0.1, 0.15) is 0 Å². The number of piperidine rings is 1. The molecule has 2 amide bonds. The maximum atomic E-state index is 12.7. The van der Waals surface area contributed by atoms with Crippen LogP contribution in [0.3, 0.4) is 0 Å². The average Bonchev–Trinajstić information content (AvgIpc) is 2.68. The van der Waals surface area contributed by atoms with Crippen LogP contribution in [0.1, 0.15) is 51.2 Å². The van der Waals surface area contributed by atoms with E-state index in [4.69, 9.17) is 0 Å². The van der Waals surface area contributed by atoms with Crippen molar-refractivity contribution >= 4 is 11.8 Å². The Kier molecular flexibility index (Phi) is 7.11. The molecule has 0 saturated carbocycles. The van der Waals surface area contributed by atoms with Crippen molar-refractivity contribution in [2.45, 2.75) is 59.0 Å². The van der Waals surface area contributed by atoms with Gasteiger partial charge in [-0.25, -0.2) is 0 Å². The van der Waals surface area contributed by atoms with Crippen molar-refractivity contribution in [2.24, 2.45) is 11.8 Å². The molecule has 5 heteroatoms. The third kappa shape index (κ3) is 5.13. The van der Waals surface area contributed by atoms with E-state index in [1.807, 2.05) is 11.8 Å². The largest absolute Gasteiger partial charge is 0.356 e. The van der Waals surface area contributed by atoms with Crippen molar-refractivity contribution in [3.63, 3.8) is 0 Å². The Hall–Kier alpha value is -1.88. The van der Waals surface area contributed by atoms with E-state index < -0.39 is 0 Å². The molecule has 1 aromatic rings. The van der Waals surface area contributed by atoms with Gasteiger partial charge in [-0.3, -0.25) is 14.5 Å². The molecule has 5 nitrogen and oxygen atoms in total. The lowest BCUT2D eigenvalue weighted by Gasteiger charge is -2.39. The van der Waals surface area contributed by atoms with Crippen LogP contribution < -0.4 is 5.32 Å². The topological polar surface area (TPSA) is 52.7 Å². The first-order valence-electron chi connectivity index (χ1n) is 10.8. The molecule has 1 fully saturated rings. The molecule has 0 aliphatic carbocycles. The van der Waals surface area contributed by atoms with Gasteiger partial charge in [0.05, 0.1) is 5.92 Å². The maximum Gasteiger partial charge on any atom is 0.225 e. The molecule has 154 valence electrons. The molecule has 2 aliphatic rings. The molecule has 28 heavy (non-hydrogen) atoms. The number of amides is 2. The molecule has 0 unspecified atom stereocenters. The van der Waals surface area contributed by atoms with Crippen LogP contribution in [0.25, 0.3) is 0 Å². The maximum absolute atomic E-state index is 12.7. The van der Waals surface area contributed by atoms with Gasteiger partial charge < -0.3 is 10.2 Å². The third-order valence-electron chi connectivity index (χ3n) is 6.12. The zero-order valence-corrected chi connectivity index (χ0v) is 17.6. The first-order chi connectivity index (χ1) is 13.5. The molecule has 0 spiro atoms. The molecule has 0 radical (unpaired) electrons. The van der Waals surface area contributed by atoms with Crippen molar-refractivity contribution in [3.05, 3.63) is 35.4 Å². The normalized spacial score (nSPS) is 23.0. The highest BCUT2D eigenvalue weighted by atomic mass is 16.2. The Labute approximate surface area is 169 Å². The predicted octanol–water partition coefficient (Wildman–Crippen LogP) is 2.83.